The van der Waals surface area contributed by atoms with Gasteiger partial charge in [0.2, 0.25) is 0 Å². The van der Waals surface area contributed by atoms with E-state index in [9.17, 15) is 18.5 Å². The fourth-order valence-corrected chi connectivity index (χ4v) is 8.13. The Hall–Kier alpha value is -4.08. The van der Waals surface area contributed by atoms with Crippen molar-refractivity contribution in [3.8, 4) is 5.69 Å². The molecule has 2 heterocycles. The van der Waals surface area contributed by atoms with E-state index in [0.717, 1.165) is 5.30 Å². The summed E-state index contributed by atoms with van der Waals surface area (Å²) in [4.78, 5) is 29.3. The van der Waals surface area contributed by atoms with Crippen LogP contribution in [0.25, 0.3) is 11.5 Å². The Kier molecular flexibility index (Phi) is 10.3. The average Bonchev–Trinajstić information content (AvgIpc) is 3.39. The van der Waals surface area contributed by atoms with Crippen molar-refractivity contribution in [3.05, 3.63) is 87.9 Å². The Morgan fingerprint density at radius 1 is 1.15 bits per heavy atom. The third kappa shape index (κ3) is 6.97. The molecule has 0 radical (unpaired) electrons. The largest absolute Gasteiger partial charge is 0.444 e. The summed E-state index contributed by atoms with van der Waals surface area (Å²) in [7, 11) is -0.841. The van der Waals surface area contributed by atoms with Crippen molar-refractivity contribution in [3.63, 3.8) is 0 Å². The SMILES string of the molecule is C=C1CCN(C(=O)OC(C)(C)C)[C@@H](C)/C1=C(/N(N)c1cc(C)c(F)c(C)c1)n1ccn(-c2ccc(P(=O)(CC)CC)c(NC)c2)c1=O. The van der Waals surface area contributed by atoms with Crippen LogP contribution < -0.4 is 27.2 Å². The molecule has 10 nitrogen and oxygen atoms in total. The highest BCUT2D eigenvalue weighted by atomic mass is 31.2. The van der Waals surface area contributed by atoms with Crippen LogP contribution in [0, 0.1) is 19.7 Å². The minimum Gasteiger partial charge on any atom is -0.444 e. The molecule has 1 fully saturated rings. The Balaban J connectivity index is 1.95. The van der Waals surface area contributed by atoms with Gasteiger partial charge in [0.25, 0.3) is 0 Å². The number of piperidine rings is 1. The number of aromatic nitrogens is 2. The van der Waals surface area contributed by atoms with Crippen LogP contribution in [0.5, 0.6) is 0 Å². The summed E-state index contributed by atoms with van der Waals surface area (Å²) in [6.45, 7) is 19.1. The zero-order chi connectivity index (χ0) is 35.0. The van der Waals surface area contributed by atoms with Crippen molar-refractivity contribution in [1.82, 2.24) is 14.0 Å². The third-order valence-corrected chi connectivity index (χ3v) is 12.0. The molecule has 1 aliphatic rings. The van der Waals surface area contributed by atoms with Crippen LogP contribution in [0.3, 0.4) is 0 Å². The predicted octanol–water partition coefficient (Wildman–Crippen LogP) is 6.60. The quantitative estimate of drug-likeness (QED) is 0.158. The van der Waals surface area contributed by atoms with Gasteiger partial charge in [0.1, 0.15) is 24.4 Å². The molecular weight excluding hydrogens is 618 g/mol. The van der Waals surface area contributed by atoms with Gasteiger partial charge in [-0.15, -0.1) is 0 Å². The number of anilines is 2. The maximum atomic E-state index is 14.7. The molecule has 4 rings (SSSR count). The highest BCUT2D eigenvalue weighted by molar-refractivity contribution is 7.71. The van der Waals surface area contributed by atoms with E-state index in [2.05, 4.69) is 11.9 Å². The topological polar surface area (TPSA) is 115 Å². The number of halogens is 1. The summed E-state index contributed by atoms with van der Waals surface area (Å²) in [5.74, 6) is 6.80. The Bertz CT molecular complexity index is 1800. The van der Waals surface area contributed by atoms with Gasteiger partial charge in [-0.2, -0.15) is 0 Å². The molecule has 0 unspecified atom stereocenters. The highest BCUT2D eigenvalue weighted by Crippen LogP contribution is 2.45. The fraction of sp³-hybridized carbons (Fsp3) is 0.429. The maximum absolute atomic E-state index is 14.7. The van der Waals surface area contributed by atoms with Crippen LogP contribution in [0.1, 0.15) is 59.1 Å². The van der Waals surface area contributed by atoms with Crippen LogP contribution in [0.4, 0.5) is 20.6 Å². The summed E-state index contributed by atoms with van der Waals surface area (Å²) < 4.78 is 36.9. The van der Waals surface area contributed by atoms with Gasteiger partial charge >= 0.3 is 11.8 Å². The second kappa shape index (κ2) is 13.6. The highest BCUT2D eigenvalue weighted by Gasteiger charge is 2.36. The molecule has 1 aliphatic heterocycles. The first-order chi connectivity index (χ1) is 22.0. The van der Waals surface area contributed by atoms with Gasteiger partial charge < -0.3 is 19.5 Å². The number of likely N-dealkylation sites (tertiary alicyclic amines) is 1. The number of ether oxygens (including phenoxy) is 1. The molecule has 12 heteroatoms. The lowest BCUT2D eigenvalue weighted by Gasteiger charge is -2.39. The van der Waals surface area contributed by atoms with Crippen LogP contribution in [-0.2, 0) is 9.30 Å². The van der Waals surface area contributed by atoms with E-state index in [4.69, 9.17) is 10.6 Å². The summed E-state index contributed by atoms with van der Waals surface area (Å²) in [6, 6.07) is 8.07. The Morgan fingerprint density at radius 2 is 1.77 bits per heavy atom. The molecule has 1 saturated heterocycles. The summed E-state index contributed by atoms with van der Waals surface area (Å²) in [5, 5.41) is 5.25. The summed E-state index contributed by atoms with van der Waals surface area (Å²) in [5.41, 5.74) is 2.63. The second-order valence-corrected chi connectivity index (χ2v) is 16.5. The van der Waals surface area contributed by atoms with E-state index in [1.54, 1.807) is 77.2 Å². The number of hydrogen-bond donors (Lipinski definition) is 2. The summed E-state index contributed by atoms with van der Waals surface area (Å²) in [6.07, 6.45) is 4.23. The van der Waals surface area contributed by atoms with Crippen LogP contribution >= 0.6 is 7.14 Å². The maximum Gasteiger partial charge on any atom is 0.410 e. The molecule has 0 spiro atoms. The normalized spacial score (nSPS) is 16.7. The molecule has 0 aliphatic carbocycles. The number of aryl methyl sites for hydroxylation is 2. The van der Waals surface area contributed by atoms with Gasteiger partial charge in [-0.25, -0.2) is 19.8 Å². The zero-order valence-electron chi connectivity index (χ0n) is 29.0. The van der Waals surface area contributed by atoms with Gasteiger partial charge in [0.05, 0.1) is 17.4 Å². The number of hydrazine groups is 1. The van der Waals surface area contributed by atoms with Gasteiger partial charge in [-0.05, 0) is 95.0 Å². The van der Waals surface area contributed by atoms with Gasteiger partial charge in [0.15, 0.2) is 0 Å². The van der Waals surface area contributed by atoms with E-state index >= 15 is 0 Å². The zero-order valence-corrected chi connectivity index (χ0v) is 29.9. The number of benzene rings is 2. The number of nitrogens with two attached hydrogens (primary N) is 1. The molecule has 1 amide bonds. The van der Waals surface area contributed by atoms with Gasteiger partial charge in [-0.3, -0.25) is 14.1 Å². The van der Waals surface area contributed by atoms with Gasteiger partial charge in [-0.1, -0.05) is 20.4 Å². The van der Waals surface area contributed by atoms with Gasteiger partial charge in [0, 0.05) is 54.9 Å². The molecule has 0 bridgehead atoms. The van der Waals surface area contributed by atoms with E-state index in [1.165, 1.54) is 14.1 Å². The number of amides is 1. The first-order valence-corrected chi connectivity index (χ1v) is 18.0. The van der Waals surface area contributed by atoms with Crippen molar-refractivity contribution < 1.29 is 18.5 Å². The van der Waals surface area contributed by atoms with Crippen LogP contribution in [-0.4, -0.2) is 57.7 Å². The van der Waals surface area contributed by atoms with Crippen molar-refractivity contribution in [2.75, 3.05) is 36.2 Å². The molecule has 1 atom stereocenters. The predicted molar refractivity (Wildman–Crippen MR) is 190 cm³/mol. The molecule has 3 aromatic rings. The fourth-order valence-electron chi connectivity index (χ4n) is 6.04. The molecule has 254 valence electrons. The summed E-state index contributed by atoms with van der Waals surface area (Å²) >= 11 is 0. The lowest BCUT2D eigenvalue weighted by Crippen LogP contribution is -2.48. The van der Waals surface area contributed by atoms with Crippen molar-refractivity contribution >= 4 is 35.7 Å². The molecule has 2 aromatic carbocycles. The lowest BCUT2D eigenvalue weighted by atomic mass is 9.92. The van der Waals surface area contributed by atoms with E-state index in [1.807, 2.05) is 32.9 Å². The van der Waals surface area contributed by atoms with Crippen molar-refractivity contribution in [1.29, 1.82) is 0 Å². The molecule has 47 heavy (non-hydrogen) atoms. The second-order valence-electron chi connectivity index (χ2n) is 13.0. The first-order valence-electron chi connectivity index (χ1n) is 15.9. The third-order valence-electron chi connectivity index (χ3n) is 8.71. The van der Waals surface area contributed by atoms with E-state index in [0.29, 0.717) is 64.6 Å². The van der Waals surface area contributed by atoms with E-state index < -0.39 is 30.6 Å². The van der Waals surface area contributed by atoms with Crippen LogP contribution in [0.15, 0.2) is 65.2 Å². The number of carbonyl (C=O) groups is 1. The minimum atomic E-state index is -2.60. The molecule has 3 N–H and O–H groups in total. The smallest absolute Gasteiger partial charge is 0.410 e. The lowest BCUT2D eigenvalue weighted by molar-refractivity contribution is 0.0192. The standard InChI is InChI=1S/C35H48FN6O4P/c1-11-47(45,12-2)29-14-13-26(21-28(29)38-10)40-17-18-41(33(40)43)32(42(37)27-19-23(4)31(36)24(5)20-27)30-22(3)15-16-39(25(30)6)34(44)46-35(7,8)9/h13-14,17-21,25,38H,3,11-12,15-16,37H2,1-2,4-10H3/b32-30+/t25-/m0/s1. The van der Waals surface area contributed by atoms with Crippen molar-refractivity contribution in [2.24, 2.45) is 5.84 Å². The number of rotatable bonds is 8. The first kappa shape index (κ1) is 35.8. The number of carbonyl (C=O) groups excluding carboxylic acids is 1. The van der Waals surface area contributed by atoms with Crippen molar-refractivity contribution in [2.45, 2.75) is 73.5 Å². The van der Waals surface area contributed by atoms with Crippen LogP contribution in [0.2, 0.25) is 0 Å². The Morgan fingerprint density at radius 3 is 2.32 bits per heavy atom. The minimum absolute atomic E-state index is 0.275. The number of nitrogens with zero attached hydrogens (tertiary/aromatic N) is 4. The van der Waals surface area contributed by atoms with E-state index in [-0.39, 0.29) is 11.6 Å². The number of imidazole rings is 1. The number of nitrogens with one attached hydrogen (secondary N) is 1. The monoisotopic (exact) mass is 666 g/mol. The molecule has 0 saturated carbocycles. The Labute approximate surface area is 277 Å². The molecule has 1 aromatic heterocycles. The average molecular weight is 667 g/mol. The molecular formula is C35H48FN6O4P. The number of hydrogen-bond acceptors (Lipinski definition) is 7.